The maximum absolute atomic E-state index is 5.80. The largest absolute Gasteiger partial charge is 0.378 e. The van der Waals surface area contributed by atoms with E-state index in [-0.39, 0.29) is 0 Å². The number of thiophene rings is 1. The third kappa shape index (κ3) is 4.71. The summed E-state index contributed by atoms with van der Waals surface area (Å²) in [5, 5.41) is 5.62. The molecule has 0 spiro atoms. The van der Waals surface area contributed by atoms with E-state index in [1.54, 1.807) is 0 Å². The van der Waals surface area contributed by atoms with Crippen molar-refractivity contribution >= 4 is 11.3 Å². The van der Waals surface area contributed by atoms with Crippen LogP contribution in [0.1, 0.15) is 43.4 Å². The van der Waals surface area contributed by atoms with Crippen molar-refractivity contribution < 1.29 is 4.74 Å². The molecule has 0 aliphatic carbocycles. The third-order valence-electron chi connectivity index (χ3n) is 3.84. The molecule has 2 unspecified atom stereocenters. The van der Waals surface area contributed by atoms with Crippen LogP contribution in [0.25, 0.3) is 0 Å². The molecule has 1 aliphatic rings. The summed E-state index contributed by atoms with van der Waals surface area (Å²) >= 11 is 1.87. The topological polar surface area (TPSA) is 21.3 Å². The molecule has 2 heterocycles. The predicted octanol–water partition coefficient (Wildman–Crippen LogP) is 3.62. The molecule has 2 atom stereocenters. The Kier molecular flexibility index (Phi) is 6.18. The molecule has 2 nitrogen and oxygen atoms in total. The lowest BCUT2D eigenvalue weighted by molar-refractivity contribution is 0.00858. The highest BCUT2D eigenvalue weighted by Gasteiger charge is 2.16. The van der Waals surface area contributed by atoms with Crippen LogP contribution in [-0.2, 0) is 11.2 Å². The van der Waals surface area contributed by atoms with E-state index in [1.165, 1.54) is 49.8 Å². The van der Waals surface area contributed by atoms with Gasteiger partial charge in [0.25, 0.3) is 0 Å². The van der Waals surface area contributed by atoms with E-state index in [0.29, 0.717) is 12.1 Å². The lowest BCUT2D eigenvalue weighted by Gasteiger charge is -2.24. The lowest BCUT2D eigenvalue weighted by Crippen LogP contribution is -2.28. The monoisotopic (exact) mass is 267 g/mol. The first-order valence-corrected chi connectivity index (χ1v) is 8.07. The number of hydrogen-bond acceptors (Lipinski definition) is 3. The molecule has 0 bridgehead atoms. The van der Waals surface area contributed by atoms with E-state index < -0.39 is 0 Å². The zero-order chi connectivity index (χ0) is 12.6. The van der Waals surface area contributed by atoms with Gasteiger partial charge in [-0.05, 0) is 63.4 Å². The van der Waals surface area contributed by atoms with Crippen LogP contribution in [0.4, 0.5) is 0 Å². The number of hydrogen-bond donors (Lipinski definition) is 1. The molecule has 102 valence electrons. The lowest BCUT2D eigenvalue weighted by atomic mass is 9.99. The van der Waals surface area contributed by atoms with E-state index in [0.717, 1.165) is 6.61 Å². The Hall–Kier alpha value is -0.380. The summed E-state index contributed by atoms with van der Waals surface area (Å²) in [7, 11) is 2.08. The van der Waals surface area contributed by atoms with Gasteiger partial charge in [-0.25, -0.2) is 0 Å². The van der Waals surface area contributed by atoms with Crippen LogP contribution in [-0.4, -0.2) is 25.8 Å². The molecule has 1 aromatic rings. The number of aryl methyl sites for hydroxylation is 1. The highest BCUT2D eigenvalue weighted by Crippen LogP contribution is 2.19. The average molecular weight is 267 g/mol. The van der Waals surface area contributed by atoms with Gasteiger partial charge in [0, 0.05) is 17.5 Å². The van der Waals surface area contributed by atoms with Crippen molar-refractivity contribution in [1.29, 1.82) is 0 Å². The maximum atomic E-state index is 5.80. The smallest absolute Gasteiger partial charge is 0.0575 e. The van der Waals surface area contributed by atoms with Gasteiger partial charge in [0.1, 0.15) is 0 Å². The molecule has 1 aromatic heterocycles. The number of rotatable bonds is 7. The van der Waals surface area contributed by atoms with Gasteiger partial charge in [0.15, 0.2) is 0 Å². The van der Waals surface area contributed by atoms with Crippen LogP contribution in [0.2, 0.25) is 0 Å². The first-order valence-electron chi connectivity index (χ1n) is 7.19. The van der Waals surface area contributed by atoms with Gasteiger partial charge in [-0.3, -0.25) is 0 Å². The Morgan fingerprint density at radius 1 is 1.44 bits per heavy atom. The van der Waals surface area contributed by atoms with E-state index in [9.17, 15) is 0 Å². The second kappa shape index (κ2) is 7.93. The summed E-state index contributed by atoms with van der Waals surface area (Å²) in [4.78, 5) is 1.50. The summed E-state index contributed by atoms with van der Waals surface area (Å²) in [6.07, 6.45) is 9.30. The number of nitrogens with one attached hydrogen (secondary N) is 1. The van der Waals surface area contributed by atoms with Crippen molar-refractivity contribution in [2.24, 2.45) is 0 Å². The normalized spacial score (nSPS) is 21.9. The van der Waals surface area contributed by atoms with E-state index in [2.05, 4.69) is 29.9 Å². The van der Waals surface area contributed by atoms with Crippen LogP contribution >= 0.6 is 11.3 Å². The molecule has 1 N–H and O–H groups in total. The molecule has 0 radical (unpaired) electrons. The van der Waals surface area contributed by atoms with Gasteiger partial charge in [0.05, 0.1) is 6.10 Å². The second-order valence-electron chi connectivity index (χ2n) is 5.17. The third-order valence-corrected chi connectivity index (χ3v) is 4.77. The Balaban J connectivity index is 1.65. The van der Waals surface area contributed by atoms with Crippen molar-refractivity contribution in [2.45, 2.75) is 57.1 Å². The highest BCUT2D eigenvalue weighted by atomic mass is 32.1. The van der Waals surface area contributed by atoms with Crippen LogP contribution in [0.15, 0.2) is 17.5 Å². The fourth-order valence-corrected chi connectivity index (χ4v) is 3.35. The van der Waals surface area contributed by atoms with Crippen molar-refractivity contribution in [3.8, 4) is 0 Å². The summed E-state index contributed by atoms with van der Waals surface area (Å²) in [6, 6.07) is 5.02. The molecule has 3 heteroatoms. The minimum atomic E-state index is 0.524. The Bertz CT molecular complexity index is 306. The van der Waals surface area contributed by atoms with Crippen molar-refractivity contribution in [3.05, 3.63) is 22.4 Å². The quantitative estimate of drug-likeness (QED) is 0.814. The summed E-state index contributed by atoms with van der Waals surface area (Å²) in [5.41, 5.74) is 0. The first kappa shape index (κ1) is 14.0. The Labute approximate surface area is 115 Å². The van der Waals surface area contributed by atoms with E-state index >= 15 is 0 Å². The Morgan fingerprint density at radius 3 is 3.06 bits per heavy atom. The van der Waals surface area contributed by atoms with Gasteiger partial charge in [-0.15, -0.1) is 11.3 Å². The zero-order valence-corrected chi connectivity index (χ0v) is 12.2. The maximum Gasteiger partial charge on any atom is 0.0575 e. The molecule has 2 rings (SSSR count). The minimum absolute atomic E-state index is 0.524. The molecule has 0 aromatic carbocycles. The second-order valence-corrected chi connectivity index (χ2v) is 6.20. The molecule has 1 aliphatic heterocycles. The summed E-state index contributed by atoms with van der Waals surface area (Å²) < 4.78 is 5.80. The van der Waals surface area contributed by atoms with Gasteiger partial charge < -0.3 is 10.1 Å². The average Bonchev–Trinajstić information content (AvgIpc) is 2.93. The van der Waals surface area contributed by atoms with Crippen LogP contribution in [0, 0.1) is 0 Å². The molecule has 1 fully saturated rings. The first-order chi connectivity index (χ1) is 8.88. The van der Waals surface area contributed by atoms with Crippen molar-refractivity contribution in [3.63, 3.8) is 0 Å². The van der Waals surface area contributed by atoms with Gasteiger partial charge in [0.2, 0.25) is 0 Å². The fourth-order valence-electron chi connectivity index (χ4n) is 2.63. The zero-order valence-electron chi connectivity index (χ0n) is 11.4. The van der Waals surface area contributed by atoms with Gasteiger partial charge >= 0.3 is 0 Å². The fraction of sp³-hybridized carbons (Fsp3) is 0.733. The molecule has 0 amide bonds. The summed E-state index contributed by atoms with van der Waals surface area (Å²) in [5.74, 6) is 0. The summed E-state index contributed by atoms with van der Waals surface area (Å²) in [6.45, 7) is 0.976. The molecule has 0 saturated carbocycles. The van der Waals surface area contributed by atoms with Gasteiger partial charge in [-0.2, -0.15) is 0 Å². The molecular formula is C15H25NOS. The van der Waals surface area contributed by atoms with Crippen molar-refractivity contribution in [2.75, 3.05) is 13.7 Å². The van der Waals surface area contributed by atoms with Crippen LogP contribution < -0.4 is 5.32 Å². The molecule has 1 saturated heterocycles. The predicted molar refractivity (Wildman–Crippen MR) is 78.3 cm³/mol. The van der Waals surface area contributed by atoms with Crippen molar-refractivity contribution in [1.82, 2.24) is 5.32 Å². The van der Waals surface area contributed by atoms with E-state index in [4.69, 9.17) is 4.74 Å². The SMILES string of the molecule is CNC(CCc1cccs1)CCC1CCCCO1. The standard InChI is InChI=1S/C15H25NOS/c1-16-13(8-10-15-6-4-12-18-15)7-9-14-5-2-3-11-17-14/h4,6,12-14,16H,2-3,5,7-11H2,1H3. The Morgan fingerprint density at radius 2 is 2.39 bits per heavy atom. The molecule has 18 heavy (non-hydrogen) atoms. The molecular weight excluding hydrogens is 242 g/mol. The van der Waals surface area contributed by atoms with Gasteiger partial charge in [-0.1, -0.05) is 6.07 Å². The highest BCUT2D eigenvalue weighted by molar-refractivity contribution is 7.09. The van der Waals surface area contributed by atoms with E-state index in [1.807, 2.05) is 11.3 Å². The number of ether oxygens (including phenoxy) is 1. The van der Waals surface area contributed by atoms with Crippen LogP contribution in [0.3, 0.4) is 0 Å². The minimum Gasteiger partial charge on any atom is -0.378 e. The van der Waals surface area contributed by atoms with Crippen LogP contribution in [0.5, 0.6) is 0 Å².